The third kappa shape index (κ3) is 4.08. The molecule has 0 radical (unpaired) electrons. The minimum atomic E-state index is -0.441. The molecule has 1 heterocycles. The van der Waals surface area contributed by atoms with Gasteiger partial charge in [0.1, 0.15) is 5.76 Å². The minimum absolute atomic E-state index is 0.190. The Bertz CT molecular complexity index is 483. The lowest BCUT2D eigenvalue weighted by Gasteiger charge is -2.30. The van der Waals surface area contributed by atoms with Crippen LogP contribution < -0.4 is 0 Å². The number of furan rings is 1. The summed E-state index contributed by atoms with van der Waals surface area (Å²) in [6.07, 6.45) is 4.12. The Morgan fingerprint density at radius 3 is 2.86 bits per heavy atom. The van der Waals surface area contributed by atoms with Crippen molar-refractivity contribution in [3.05, 3.63) is 23.2 Å². The van der Waals surface area contributed by atoms with Crippen LogP contribution in [0.1, 0.15) is 47.6 Å². The highest BCUT2D eigenvalue weighted by molar-refractivity contribution is 5.87. The first-order chi connectivity index (χ1) is 10.0. The van der Waals surface area contributed by atoms with Crippen LogP contribution in [0.4, 0.5) is 0 Å². The first-order valence-corrected chi connectivity index (χ1v) is 7.55. The van der Waals surface area contributed by atoms with Gasteiger partial charge in [0.2, 0.25) is 5.76 Å². The van der Waals surface area contributed by atoms with Crippen molar-refractivity contribution in [2.24, 2.45) is 5.92 Å². The number of ether oxygens (including phenoxy) is 1. The lowest BCUT2D eigenvalue weighted by Crippen LogP contribution is -2.34. The largest absolute Gasteiger partial charge is 0.463 e. The predicted molar refractivity (Wildman–Crippen MR) is 79.1 cm³/mol. The molecule has 0 saturated heterocycles. The van der Waals surface area contributed by atoms with Crippen LogP contribution >= 0.6 is 0 Å². The average Bonchev–Trinajstić information content (AvgIpc) is 2.81. The molecule has 1 aromatic rings. The number of carbonyl (C=O) groups excluding carboxylic acids is 1. The minimum Gasteiger partial charge on any atom is -0.463 e. The van der Waals surface area contributed by atoms with Gasteiger partial charge in [-0.3, -0.25) is 4.90 Å². The van der Waals surface area contributed by atoms with E-state index >= 15 is 0 Å². The zero-order valence-electron chi connectivity index (χ0n) is 13.1. The van der Waals surface area contributed by atoms with E-state index in [0.29, 0.717) is 12.5 Å². The van der Waals surface area contributed by atoms with Gasteiger partial charge in [-0.05, 0) is 38.8 Å². The Balaban J connectivity index is 1.93. The van der Waals surface area contributed by atoms with E-state index in [4.69, 9.17) is 9.15 Å². The maximum Gasteiger partial charge on any atom is 0.374 e. The van der Waals surface area contributed by atoms with Crippen molar-refractivity contribution in [3.63, 3.8) is 0 Å². The number of hydrogen-bond acceptors (Lipinski definition) is 5. The van der Waals surface area contributed by atoms with Gasteiger partial charge in [-0.15, -0.1) is 0 Å². The molecule has 1 aromatic heterocycles. The Morgan fingerprint density at radius 1 is 1.48 bits per heavy atom. The number of rotatable bonds is 5. The molecular weight excluding hydrogens is 270 g/mol. The highest BCUT2D eigenvalue weighted by Crippen LogP contribution is 2.25. The number of aryl methyl sites for hydroxylation is 1. The van der Waals surface area contributed by atoms with Crippen LogP contribution in [0.3, 0.4) is 0 Å². The first kappa shape index (κ1) is 16.0. The molecule has 2 atom stereocenters. The van der Waals surface area contributed by atoms with Gasteiger partial charge >= 0.3 is 5.97 Å². The first-order valence-electron chi connectivity index (χ1n) is 7.55. The van der Waals surface area contributed by atoms with Crippen LogP contribution in [0.2, 0.25) is 0 Å². The van der Waals surface area contributed by atoms with Crippen molar-refractivity contribution in [1.29, 1.82) is 0 Å². The van der Waals surface area contributed by atoms with Gasteiger partial charge in [0.25, 0.3) is 0 Å². The Hall–Kier alpha value is -1.33. The van der Waals surface area contributed by atoms with E-state index < -0.39 is 5.97 Å². The fourth-order valence-corrected chi connectivity index (χ4v) is 3.05. The average molecular weight is 295 g/mol. The summed E-state index contributed by atoms with van der Waals surface area (Å²) in [6.45, 7) is 3.31. The second kappa shape index (κ2) is 7.09. The molecule has 0 aliphatic heterocycles. The summed E-state index contributed by atoms with van der Waals surface area (Å²) < 4.78 is 10.3. The van der Waals surface area contributed by atoms with E-state index in [1.54, 1.807) is 0 Å². The molecule has 1 aliphatic carbocycles. The van der Waals surface area contributed by atoms with Crippen molar-refractivity contribution in [2.45, 2.75) is 45.3 Å². The number of aliphatic hydroxyl groups excluding tert-OH is 1. The SMILES string of the molecule is COC(=O)c1oc(CN(C)CC2CCCCC2O)cc1C. The van der Waals surface area contributed by atoms with Crippen molar-refractivity contribution in [2.75, 3.05) is 20.7 Å². The molecule has 2 rings (SSSR count). The molecule has 2 unspecified atom stereocenters. The Morgan fingerprint density at radius 2 is 2.19 bits per heavy atom. The molecule has 1 saturated carbocycles. The predicted octanol–water partition coefficient (Wildman–Crippen LogP) is 2.36. The summed E-state index contributed by atoms with van der Waals surface area (Å²) in [4.78, 5) is 13.7. The van der Waals surface area contributed by atoms with Gasteiger partial charge in [0, 0.05) is 12.1 Å². The molecule has 1 fully saturated rings. The third-order valence-electron chi connectivity index (χ3n) is 4.18. The molecule has 5 nitrogen and oxygen atoms in total. The van der Waals surface area contributed by atoms with E-state index in [0.717, 1.165) is 37.1 Å². The molecule has 1 aliphatic rings. The van der Waals surface area contributed by atoms with E-state index in [1.165, 1.54) is 13.5 Å². The van der Waals surface area contributed by atoms with Gasteiger partial charge in [-0.1, -0.05) is 12.8 Å². The van der Waals surface area contributed by atoms with Crippen LogP contribution in [0.25, 0.3) is 0 Å². The van der Waals surface area contributed by atoms with Gasteiger partial charge < -0.3 is 14.3 Å². The van der Waals surface area contributed by atoms with Crippen LogP contribution in [0.5, 0.6) is 0 Å². The number of nitrogens with zero attached hydrogens (tertiary/aromatic N) is 1. The van der Waals surface area contributed by atoms with E-state index in [1.807, 2.05) is 20.0 Å². The van der Waals surface area contributed by atoms with Crippen molar-refractivity contribution in [1.82, 2.24) is 4.90 Å². The Kier molecular flexibility index (Phi) is 5.42. The van der Waals surface area contributed by atoms with Gasteiger partial charge in [-0.2, -0.15) is 0 Å². The fraction of sp³-hybridized carbons (Fsp3) is 0.688. The number of esters is 1. The fourth-order valence-electron chi connectivity index (χ4n) is 3.05. The number of aliphatic hydroxyl groups is 1. The molecule has 0 aromatic carbocycles. The highest BCUT2D eigenvalue weighted by atomic mass is 16.5. The molecular formula is C16H25NO4. The summed E-state index contributed by atoms with van der Waals surface area (Å²) in [6, 6.07) is 1.88. The van der Waals surface area contributed by atoms with E-state index in [-0.39, 0.29) is 11.9 Å². The van der Waals surface area contributed by atoms with E-state index in [2.05, 4.69) is 4.90 Å². The maximum atomic E-state index is 11.5. The summed E-state index contributed by atoms with van der Waals surface area (Å²) in [5.74, 6) is 0.920. The lowest BCUT2D eigenvalue weighted by atomic mass is 9.86. The van der Waals surface area contributed by atoms with Crippen LogP contribution in [0.15, 0.2) is 10.5 Å². The molecule has 0 amide bonds. The van der Waals surface area contributed by atoms with Crippen molar-refractivity contribution < 1.29 is 19.1 Å². The number of hydrogen-bond donors (Lipinski definition) is 1. The second-order valence-corrected chi connectivity index (χ2v) is 6.03. The van der Waals surface area contributed by atoms with Crippen LogP contribution in [-0.2, 0) is 11.3 Å². The topological polar surface area (TPSA) is 62.9 Å². The number of carbonyl (C=O) groups is 1. The molecule has 5 heteroatoms. The van der Waals surface area contributed by atoms with Crippen LogP contribution in [-0.4, -0.2) is 42.8 Å². The van der Waals surface area contributed by atoms with Gasteiger partial charge in [0.05, 0.1) is 19.8 Å². The highest BCUT2D eigenvalue weighted by Gasteiger charge is 2.24. The normalized spacial score (nSPS) is 22.5. The molecule has 1 N–H and O–H groups in total. The van der Waals surface area contributed by atoms with Crippen molar-refractivity contribution >= 4 is 5.97 Å². The number of methoxy groups -OCH3 is 1. The van der Waals surface area contributed by atoms with E-state index in [9.17, 15) is 9.90 Å². The summed E-state index contributed by atoms with van der Waals surface area (Å²) in [5.41, 5.74) is 0.794. The van der Waals surface area contributed by atoms with Gasteiger partial charge in [0.15, 0.2) is 0 Å². The second-order valence-electron chi connectivity index (χ2n) is 6.03. The summed E-state index contributed by atoms with van der Waals surface area (Å²) in [5, 5.41) is 10.0. The Labute approximate surface area is 125 Å². The maximum absolute atomic E-state index is 11.5. The zero-order valence-corrected chi connectivity index (χ0v) is 13.1. The van der Waals surface area contributed by atoms with Gasteiger partial charge in [-0.25, -0.2) is 4.79 Å². The smallest absolute Gasteiger partial charge is 0.374 e. The lowest BCUT2D eigenvalue weighted by molar-refractivity contribution is 0.0485. The molecule has 0 spiro atoms. The quantitative estimate of drug-likeness (QED) is 0.845. The van der Waals surface area contributed by atoms with Crippen molar-refractivity contribution in [3.8, 4) is 0 Å². The monoisotopic (exact) mass is 295 g/mol. The zero-order chi connectivity index (χ0) is 15.4. The molecule has 0 bridgehead atoms. The molecule has 21 heavy (non-hydrogen) atoms. The molecule has 118 valence electrons. The third-order valence-corrected chi connectivity index (χ3v) is 4.18. The standard InChI is InChI=1S/C16H25NO4/c1-11-8-13(21-15(11)16(19)20-3)10-17(2)9-12-6-4-5-7-14(12)18/h8,12,14,18H,4-7,9-10H2,1-3H3. The summed E-state index contributed by atoms with van der Waals surface area (Å²) in [7, 11) is 3.36. The van der Waals surface area contributed by atoms with Crippen LogP contribution in [0, 0.1) is 12.8 Å². The summed E-state index contributed by atoms with van der Waals surface area (Å²) >= 11 is 0.